The highest BCUT2D eigenvalue weighted by molar-refractivity contribution is 9.10. The van der Waals surface area contributed by atoms with Crippen LogP contribution in [-0.4, -0.2) is 10.2 Å². The van der Waals surface area contributed by atoms with Gasteiger partial charge >= 0.3 is 0 Å². The summed E-state index contributed by atoms with van der Waals surface area (Å²) < 4.78 is 0.925. The number of nitrogens with one attached hydrogen (secondary N) is 1. The van der Waals surface area contributed by atoms with Crippen LogP contribution < -0.4 is 0 Å². The fraction of sp³-hybridized carbons (Fsp3) is 0. The van der Waals surface area contributed by atoms with Crippen LogP contribution in [0.25, 0.3) is 10.9 Å². The van der Waals surface area contributed by atoms with E-state index in [0.717, 1.165) is 15.4 Å². The lowest BCUT2D eigenvalue weighted by atomic mass is 10.2. The van der Waals surface area contributed by atoms with Gasteiger partial charge < -0.3 is 4.98 Å². The van der Waals surface area contributed by atoms with Gasteiger partial charge in [0.15, 0.2) is 0 Å². The molecule has 2 aromatic rings. The molecule has 0 spiro atoms. The van der Waals surface area contributed by atoms with Gasteiger partial charge in [-0.05, 0) is 33.6 Å². The van der Waals surface area contributed by atoms with E-state index in [1.165, 1.54) is 0 Å². The van der Waals surface area contributed by atoms with Crippen molar-refractivity contribution < 1.29 is 4.79 Å². The summed E-state index contributed by atoms with van der Waals surface area (Å²) >= 11 is 8.78. The van der Waals surface area contributed by atoms with Crippen molar-refractivity contribution in [3.63, 3.8) is 0 Å². The molecule has 2 rings (SSSR count). The van der Waals surface area contributed by atoms with E-state index in [9.17, 15) is 4.79 Å². The Morgan fingerprint density at radius 2 is 2.23 bits per heavy atom. The van der Waals surface area contributed by atoms with Gasteiger partial charge in [-0.1, -0.05) is 12.1 Å². The molecule has 0 aliphatic rings. The third-order valence-electron chi connectivity index (χ3n) is 1.88. The van der Waals surface area contributed by atoms with Crippen LogP contribution in [0.2, 0.25) is 0 Å². The first-order valence-electron chi connectivity index (χ1n) is 3.65. The van der Waals surface area contributed by atoms with Crippen LogP contribution in [0.5, 0.6) is 0 Å². The maximum absolute atomic E-state index is 11.0. The Kier molecular flexibility index (Phi) is 2.14. The first kappa shape index (κ1) is 8.78. The van der Waals surface area contributed by atoms with E-state index in [1.54, 1.807) is 6.20 Å². The maximum atomic E-state index is 11.0. The molecule has 1 heterocycles. The summed E-state index contributed by atoms with van der Waals surface area (Å²) in [6.07, 6.45) is 1.62. The third kappa shape index (κ3) is 1.38. The van der Waals surface area contributed by atoms with Crippen LogP contribution in [0.3, 0.4) is 0 Å². The monoisotopic (exact) mass is 257 g/mol. The number of H-pyrrole nitrogens is 1. The zero-order valence-corrected chi connectivity index (χ0v) is 8.82. The van der Waals surface area contributed by atoms with Crippen LogP contribution in [0.15, 0.2) is 28.9 Å². The molecule has 0 bridgehead atoms. The number of carbonyl (C=O) groups is 1. The molecule has 0 fully saturated rings. The topological polar surface area (TPSA) is 32.9 Å². The number of para-hydroxylation sites is 1. The van der Waals surface area contributed by atoms with Gasteiger partial charge in [0.25, 0.3) is 5.24 Å². The first-order chi connectivity index (χ1) is 6.20. The highest BCUT2D eigenvalue weighted by Gasteiger charge is 2.10. The Hall–Kier alpha value is -0.800. The van der Waals surface area contributed by atoms with Crippen molar-refractivity contribution in [2.75, 3.05) is 0 Å². The van der Waals surface area contributed by atoms with E-state index in [-0.39, 0.29) is 0 Å². The van der Waals surface area contributed by atoms with Crippen molar-refractivity contribution in [3.8, 4) is 0 Å². The molecule has 0 saturated carbocycles. The number of aromatic amines is 1. The van der Waals surface area contributed by atoms with E-state index in [1.807, 2.05) is 18.2 Å². The summed E-state index contributed by atoms with van der Waals surface area (Å²) in [7, 11) is 0. The van der Waals surface area contributed by atoms with E-state index < -0.39 is 5.24 Å². The fourth-order valence-corrected chi connectivity index (χ4v) is 1.92. The molecule has 2 nitrogen and oxygen atoms in total. The van der Waals surface area contributed by atoms with Gasteiger partial charge in [-0.3, -0.25) is 4.79 Å². The minimum absolute atomic E-state index is 0.440. The molecule has 66 valence electrons. The van der Waals surface area contributed by atoms with Crippen molar-refractivity contribution in [3.05, 3.63) is 34.4 Å². The summed E-state index contributed by atoms with van der Waals surface area (Å²) in [6.45, 7) is 0. The van der Waals surface area contributed by atoms with Crippen LogP contribution in [-0.2, 0) is 0 Å². The van der Waals surface area contributed by atoms with Crippen molar-refractivity contribution in [1.82, 2.24) is 4.98 Å². The lowest BCUT2D eigenvalue weighted by Crippen LogP contribution is -1.84. The molecule has 0 saturated heterocycles. The molecular weight excluding hydrogens is 253 g/mol. The van der Waals surface area contributed by atoms with Gasteiger partial charge in [-0.25, -0.2) is 0 Å². The first-order valence-corrected chi connectivity index (χ1v) is 4.82. The Morgan fingerprint density at radius 3 is 2.92 bits per heavy atom. The number of benzene rings is 1. The summed E-state index contributed by atoms with van der Waals surface area (Å²) in [5, 5.41) is 0.402. The van der Waals surface area contributed by atoms with Crippen molar-refractivity contribution >= 4 is 43.7 Å². The number of hydrogen-bond acceptors (Lipinski definition) is 1. The van der Waals surface area contributed by atoms with Gasteiger partial charge in [0, 0.05) is 16.1 Å². The molecule has 0 atom stereocenters. The third-order valence-corrected chi connectivity index (χ3v) is 2.74. The van der Waals surface area contributed by atoms with E-state index in [2.05, 4.69) is 20.9 Å². The number of hydrogen-bond donors (Lipinski definition) is 1. The maximum Gasteiger partial charge on any atom is 0.254 e. The van der Waals surface area contributed by atoms with Crippen LogP contribution >= 0.6 is 27.5 Å². The second kappa shape index (κ2) is 3.16. The summed E-state index contributed by atoms with van der Waals surface area (Å²) in [4.78, 5) is 13.9. The molecule has 0 amide bonds. The molecule has 0 aliphatic carbocycles. The number of halogens is 2. The molecular formula is C9H5BrClNO. The zero-order valence-electron chi connectivity index (χ0n) is 6.47. The summed E-state index contributed by atoms with van der Waals surface area (Å²) in [6, 6.07) is 5.62. The van der Waals surface area contributed by atoms with Gasteiger partial charge in [0.2, 0.25) is 0 Å². The zero-order chi connectivity index (χ0) is 9.42. The second-order valence-electron chi connectivity index (χ2n) is 2.64. The van der Waals surface area contributed by atoms with E-state index >= 15 is 0 Å². The second-order valence-corrected chi connectivity index (χ2v) is 3.84. The minimum atomic E-state index is -0.440. The predicted molar refractivity (Wildman–Crippen MR) is 56.2 cm³/mol. The summed E-state index contributed by atoms with van der Waals surface area (Å²) in [5.41, 5.74) is 1.41. The van der Waals surface area contributed by atoms with Gasteiger partial charge in [0.05, 0.1) is 11.1 Å². The standard InChI is InChI=1S/C9H5BrClNO/c10-7-3-1-2-5-6(9(11)13)4-12-8(5)7/h1-4,12H. The number of aromatic nitrogens is 1. The fourth-order valence-electron chi connectivity index (χ4n) is 1.28. The van der Waals surface area contributed by atoms with Gasteiger partial charge in [-0.15, -0.1) is 0 Å². The molecule has 1 N–H and O–H groups in total. The molecule has 1 aromatic heterocycles. The average Bonchev–Trinajstić information content (AvgIpc) is 2.48. The quantitative estimate of drug-likeness (QED) is 0.782. The highest BCUT2D eigenvalue weighted by atomic mass is 79.9. The van der Waals surface area contributed by atoms with Crippen molar-refractivity contribution in [1.29, 1.82) is 0 Å². The average molecular weight is 259 g/mol. The smallest absolute Gasteiger partial charge is 0.254 e. The normalized spacial score (nSPS) is 10.6. The molecule has 1 aromatic carbocycles. The van der Waals surface area contributed by atoms with E-state index in [4.69, 9.17) is 11.6 Å². The predicted octanol–water partition coefficient (Wildman–Crippen LogP) is 3.31. The van der Waals surface area contributed by atoms with Gasteiger partial charge in [0.1, 0.15) is 0 Å². The molecule has 4 heteroatoms. The largest absolute Gasteiger partial charge is 0.359 e. The number of carbonyl (C=O) groups excluding carboxylic acids is 1. The molecule has 13 heavy (non-hydrogen) atoms. The van der Waals surface area contributed by atoms with Gasteiger partial charge in [-0.2, -0.15) is 0 Å². The van der Waals surface area contributed by atoms with Crippen LogP contribution in [0.1, 0.15) is 10.4 Å². The molecule has 0 aliphatic heterocycles. The van der Waals surface area contributed by atoms with Crippen molar-refractivity contribution in [2.45, 2.75) is 0 Å². The lowest BCUT2D eigenvalue weighted by molar-refractivity contribution is 0.108. The number of fused-ring (bicyclic) bond motifs is 1. The van der Waals surface area contributed by atoms with Crippen LogP contribution in [0.4, 0.5) is 0 Å². The molecule has 0 unspecified atom stereocenters. The number of rotatable bonds is 1. The Labute approximate surface area is 88.0 Å². The van der Waals surface area contributed by atoms with Crippen molar-refractivity contribution in [2.24, 2.45) is 0 Å². The Balaban J connectivity index is 2.83. The lowest BCUT2D eigenvalue weighted by Gasteiger charge is -1.93. The SMILES string of the molecule is O=C(Cl)c1c[nH]c2c(Br)cccc12. The summed E-state index contributed by atoms with van der Waals surface area (Å²) in [5.74, 6) is 0. The highest BCUT2D eigenvalue weighted by Crippen LogP contribution is 2.26. The minimum Gasteiger partial charge on any atom is -0.359 e. The Bertz CT molecular complexity index is 477. The Morgan fingerprint density at radius 1 is 1.46 bits per heavy atom. The van der Waals surface area contributed by atoms with E-state index in [0.29, 0.717) is 5.56 Å². The molecule has 0 radical (unpaired) electrons. The van der Waals surface area contributed by atoms with Crippen LogP contribution in [0, 0.1) is 0 Å².